The molecule has 3 heterocycles. The van der Waals surface area contributed by atoms with Gasteiger partial charge in [0.15, 0.2) is 0 Å². The number of alkyl halides is 3. The molecular weight excluding hydrogens is 457 g/mol. The minimum Gasteiger partial charge on any atom is -0.382 e. The lowest BCUT2D eigenvalue weighted by molar-refractivity contribution is -0.169. The standard InChI is InChI=1S/C26H27F3N4O2/c1-16-3-2-4-20(25(34)33-8-7-19(15-33)26(27,28)29)23(16)17-5-6-21-18(13-17)14-22(24(30)31-21)32-9-11-35-12-10-32/h2-6,13-14,19H,7-12,15H2,1H3,(H2,30,31). The highest BCUT2D eigenvalue weighted by Crippen LogP contribution is 2.37. The lowest BCUT2D eigenvalue weighted by atomic mass is 9.93. The Labute approximate surface area is 201 Å². The number of aryl methyl sites for hydroxylation is 1. The summed E-state index contributed by atoms with van der Waals surface area (Å²) >= 11 is 0. The molecule has 6 nitrogen and oxygen atoms in total. The fourth-order valence-corrected chi connectivity index (χ4v) is 5.00. The van der Waals surface area contributed by atoms with Crippen molar-refractivity contribution in [1.29, 1.82) is 0 Å². The number of aromatic nitrogens is 1. The van der Waals surface area contributed by atoms with Gasteiger partial charge in [-0.2, -0.15) is 13.2 Å². The van der Waals surface area contributed by atoms with Crippen molar-refractivity contribution in [1.82, 2.24) is 9.88 Å². The molecule has 184 valence electrons. The van der Waals surface area contributed by atoms with Crippen LogP contribution in [0.2, 0.25) is 0 Å². The van der Waals surface area contributed by atoms with Crippen LogP contribution in [-0.2, 0) is 4.74 Å². The molecule has 1 amide bonds. The van der Waals surface area contributed by atoms with E-state index in [4.69, 9.17) is 10.5 Å². The Morgan fingerprint density at radius 1 is 1.11 bits per heavy atom. The van der Waals surface area contributed by atoms with Crippen molar-refractivity contribution < 1.29 is 22.7 Å². The van der Waals surface area contributed by atoms with Crippen LogP contribution < -0.4 is 10.6 Å². The van der Waals surface area contributed by atoms with Gasteiger partial charge in [0.05, 0.1) is 30.3 Å². The third-order valence-electron chi connectivity index (χ3n) is 6.91. The van der Waals surface area contributed by atoms with E-state index in [1.807, 2.05) is 37.3 Å². The summed E-state index contributed by atoms with van der Waals surface area (Å²) in [6, 6.07) is 13.1. The number of nitrogens with two attached hydrogens (primary N) is 1. The number of nitrogen functional groups attached to an aromatic ring is 1. The van der Waals surface area contributed by atoms with Crippen LogP contribution in [0.1, 0.15) is 22.3 Å². The molecule has 5 rings (SSSR count). The summed E-state index contributed by atoms with van der Waals surface area (Å²) in [5, 5.41) is 0.873. The Balaban J connectivity index is 1.52. The lowest BCUT2D eigenvalue weighted by Gasteiger charge is -2.29. The van der Waals surface area contributed by atoms with Crippen LogP contribution in [0.15, 0.2) is 42.5 Å². The van der Waals surface area contributed by atoms with Crippen LogP contribution in [0, 0.1) is 12.8 Å². The number of benzene rings is 2. The monoisotopic (exact) mass is 484 g/mol. The molecule has 2 N–H and O–H groups in total. The van der Waals surface area contributed by atoms with Gasteiger partial charge < -0.3 is 20.3 Å². The maximum Gasteiger partial charge on any atom is 0.393 e. The summed E-state index contributed by atoms with van der Waals surface area (Å²) in [7, 11) is 0. The first-order valence-corrected chi connectivity index (χ1v) is 11.7. The van der Waals surface area contributed by atoms with Crippen LogP contribution in [0.3, 0.4) is 0 Å². The zero-order chi connectivity index (χ0) is 24.7. The Hall–Kier alpha value is -3.33. The van der Waals surface area contributed by atoms with Gasteiger partial charge in [-0.05, 0) is 54.3 Å². The van der Waals surface area contributed by atoms with E-state index >= 15 is 0 Å². The minimum atomic E-state index is -4.30. The van der Waals surface area contributed by atoms with Crippen molar-refractivity contribution in [2.75, 3.05) is 50.0 Å². The van der Waals surface area contributed by atoms with Gasteiger partial charge in [-0.25, -0.2) is 4.98 Å². The molecule has 0 saturated carbocycles. The van der Waals surface area contributed by atoms with Crippen molar-refractivity contribution in [3.05, 3.63) is 53.6 Å². The third-order valence-corrected chi connectivity index (χ3v) is 6.91. The highest BCUT2D eigenvalue weighted by atomic mass is 19.4. The van der Waals surface area contributed by atoms with Crippen LogP contribution in [-0.4, -0.2) is 61.4 Å². The number of ether oxygens (including phenoxy) is 1. The van der Waals surface area contributed by atoms with Gasteiger partial charge in [0.1, 0.15) is 5.82 Å². The van der Waals surface area contributed by atoms with Crippen LogP contribution >= 0.6 is 0 Å². The van der Waals surface area contributed by atoms with Gasteiger partial charge in [0.25, 0.3) is 5.91 Å². The number of halogens is 3. The van der Waals surface area contributed by atoms with E-state index in [2.05, 4.69) is 9.88 Å². The molecule has 0 spiro atoms. The van der Waals surface area contributed by atoms with Crippen LogP contribution in [0.5, 0.6) is 0 Å². The summed E-state index contributed by atoms with van der Waals surface area (Å²) in [5.74, 6) is -1.40. The number of fused-ring (bicyclic) bond motifs is 1. The Morgan fingerprint density at radius 3 is 2.60 bits per heavy atom. The number of carbonyl (C=O) groups is 1. The van der Waals surface area contributed by atoms with Gasteiger partial charge in [0.2, 0.25) is 0 Å². The van der Waals surface area contributed by atoms with Crippen molar-refractivity contribution in [2.45, 2.75) is 19.5 Å². The number of anilines is 2. The normalized spacial score (nSPS) is 18.9. The molecular formula is C26H27F3N4O2. The van der Waals surface area contributed by atoms with E-state index in [9.17, 15) is 18.0 Å². The second-order valence-corrected chi connectivity index (χ2v) is 9.18. The van der Waals surface area contributed by atoms with Gasteiger partial charge in [-0.1, -0.05) is 18.2 Å². The average Bonchev–Trinajstić information content (AvgIpc) is 3.34. The summed E-state index contributed by atoms with van der Waals surface area (Å²) < 4.78 is 45.0. The SMILES string of the molecule is Cc1cccc(C(=O)N2CCC(C(F)(F)F)C2)c1-c1ccc2nc(N)c(N3CCOCC3)cc2c1. The maximum absolute atomic E-state index is 13.3. The van der Waals surface area contributed by atoms with Crippen molar-refractivity contribution in [3.63, 3.8) is 0 Å². The van der Waals surface area contributed by atoms with Crippen molar-refractivity contribution in [2.24, 2.45) is 5.92 Å². The predicted molar refractivity (Wildman–Crippen MR) is 129 cm³/mol. The molecule has 2 fully saturated rings. The molecule has 0 radical (unpaired) electrons. The molecule has 1 aromatic heterocycles. The van der Waals surface area contributed by atoms with Gasteiger partial charge in [0, 0.05) is 37.1 Å². The number of carbonyl (C=O) groups excluding carboxylic acids is 1. The number of hydrogen-bond donors (Lipinski definition) is 1. The van der Waals surface area contributed by atoms with Crippen molar-refractivity contribution in [3.8, 4) is 11.1 Å². The molecule has 2 aliphatic rings. The molecule has 9 heteroatoms. The van der Waals surface area contributed by atoms with E-state index in [0.29, 0.717) is 24.6 Å². The van der Waals surface area contributed by atoms with E-state index in [1.54, 1.807) is 12.1 Å². The van der Waals surface area contributed by atoms with Gasteiger partial charge in [-0.3, -0.25) is 4.79 Å². The highest BCUT2D eigenvalue weighted by Gasteiger charge is 2.45. The zero-order valence-electron chi connectivity index (χ0n) is 19.4. The second kappa shape index (κ2) is 9.03. The van der Waals surface area contributed by atoms with E-state index < -0.39 is 12.1 Å². The number of amides is 1. The number of hydrogen-bond acceptors (Lipinski definition) is 5. The molecule has 1 unspecified atom stereocenters. The first-order chi connectivity index (χ1) is 16.7. The van der Waals surface area contributed by atoms with E-state index in [-0.39, 0.29) is 25.4 Å². The molecule has 2 aliphatic heterocycles. The largest absolute Gasteiger partial charge is 0.393 e. The van der Waals surface area contributed by atoms with Crippen molar-refractivity contribution >= 4 is 28.3 Å². The zero-order valence-corrected chi connectivity index (χ0v) is 19.4. The number of morpholine rings is 1. The molecule has 2 aromatic carbocycles. The summed E-state index contributed by atoms with van der Waals surface area (Å²) in [6.07, 6.45) is -4.36. The predicted octanol–water partition coefficient (Wildman–Crippen LogP) is 4.65. The molecule has 35 heavy (non-hydrogen) atoms. The van der Waals surface area contributed by atoms with Gasteiger partial charge in [-0.15, -0.1) is 0 Å². The minimum absolute atomic E-state index is 0.0657. The van der Waals surface area contributed by atoms with Crippen LogP contribution in [0.25, 0.3) is 22.0 Å². The van der Waals surface area contributed by atoms with E-state index in [1.165, 1.54) is 4.90 Å². The molecule has 1 atom stereocenters. The molecule has 2 saturated heterocycles. The Morgan fingerprint density at radius 2 is 1.89 bits per heavy atom. The first kappa shape index (κ1) is 23.4. The highest BCUT2D eigenvalue weighted by molar-refractivity contribution is 6.03. The topological polar surface area (TPSA) is 71.7 Å². The fraction of sp³-hybridized carbons (Fsp3) is 0.385. The number of likely N-dealkylation sites (tertiary alicyclic amines) is 1. The molecule has 0 aliphatic carbocycles. The second-order valence-electron chi connectivity index (χ2n) is 9.18. The van der Waals surface area contributed by atoms with Gasteiger partial charge >= 0.3 is 6.18 Å². The summed E-state index contributed by atoms with van der Waals surface area (Å²) in [5.41, 5.74) is 10.6. The lowest BCUT2D eigenvalue weighted by Crippen LogP contribution is -2.36. The molecule has 0 bridgehead atoms. The fourth-order valence-electron chi connectivity index (χ4n) is 5.00. The smallest absolute Gasteiger partial charge is 0.382 e. The first-order valence-electron chi connectivity index (χ1n) is 11.7. The summed E-state index contributed by atoms with van der Waals surface area (Å²) in [6.45, 7) is 4.39. The quantitative estimate of drug-likeness (QED) is 0.586. The Kier molecular flexibility index (Phi) is 6.04. The summed E-state index contributed by atoms with van der Waals surface area (Å²) in [4.78, 5) is 21.4. The molecule has 3 aromatic rings. The number of rotatable bonds is 3. The van der Waals surface area contributed by atoms with Crippen LogP contribution in [0.4, 0.5) is 24.7 Å². The maximum atomic E-state index is 13.3. The Bertz CT molecular complexity index is 1270. The van der Waals surface area contributed by atoms with E-state index in [0.717, 1.165) is 46.4 Å². The number of pyridine rings is 1. The number of nitrogens with zero attached hydrogens (tertiary/aromatic N) is 3. The third kappa shape index (κ3) is 4.52. The average molecular weight is 485 g/mol.